The molecular formula is C68H118NO8P. The second-order valence-electron chi connectivity index (χ2n) is 22.0. The zero-order valence-corrected chi connectivity index (χ0v) is 51.7. The van der Waals surface area contributed by atoms with Crippen molar-refractivity contribution in [2.75, 3.05) is 47.5 Å². The molecule has 0 aliphatic heterocycles. The Labute approximate surface area is 480 Å². The summed E-state index contributed by atoms with van der Waals surface area (Å²) in [5.74, 6) is -0.848. The number of phosphoric acid groups is 1. The van der Waals surface area contributed by atoms with Crippen molar-refractivity contribution in [3.8, 4) is 0 Å². The summed E-state index contributed by atoms with van der Waals surface area (Å²) in [6, 6.07) is 0. The number of esters is 2. The molecule has 0 aliphatic rings. The third-order valence-corrected chi connectivity index (χ3v) is 14.2. The van der Waals surface area contributed by atoms with Crippen molar-refractivity contribution < 1.29 is 42.1 Å². The van der Waals surface area contributed by atoms with Gasteiger partial charge in [-0.25, -0.2) is 0 Å². The van der Waals surface area contributed by atoms with Gasteiger partial charge in [0.25, 0.3) is 7.82 Å². The van der Waals surface area contributed by atoms with Crippen molar-refractivity contribution in [2.45, 2.75) is 264 Å². The lowest BCUT2D eigenvalue weighted by Gasteiger charge is -2.28. The highest BCUT2D eigenvalue weighted by atomic mass is 31.2. The minimum Gasteiger partial charge on any atom is -0.756 e. The normalized spacial score (nSPS) is 14.0. The van der Waals surface area contributed by atoms with Crippen LogP contribution in [0, 0.1) is 0 Å². The molecule has 10 heteroatoms. The van der Waals surface area contributed by atoms with Crippen LogP contribution in [0.1, 0.15) is 258 Å². The maximum absolute atomic E-state index is 12.8. The Kier molecular flexibility index (Phi) is 55.8. The zero-order valence-electron chi connectivity index (χ0n) is 50.8. The summed E-state index contributed by atoms with van der Waals surface area (Å²) in [4.78, 5) is 38.0. The Morgan fingerprint density at radius 1 is 0.410 bits per heavy atom. The van der Waals surface area contributed by atoms with E-state index in [0.717, 1.165) is 96.3 Å². The predicted octanol–water partition coefficient (Wildman–Crippen LogP) is 19.5. The number of unbranched alkanes of at least 4 members (excludes halogenated alkanes) is 25. The van der Waals surface area contributed by atoms with Gasteiger partial charge in [-0.05, 0) is 103 Å². The van der Waals surface area contributed by atoms with Gasteiger partial charge < -0.3 is 27.9 Å². The smallest absolute Gasteiger partial charge is 0.306 e. The largest absolute Gasteiger partial charge is 0.756 e. The van der Waals surface area contributed by atoms with Gasteiger partial charge in [-0.3, -0.25) is 14.2 Å². The van der Waals surface area contributed by atoms with Gasteiger partial charge in [-0.15, -0.1) is 0 Å². The zero-order chi connectivity index (χ0) is 57.0. The van der Waals surface area contributed by atoms with E-state index < -0.39 is 26.5 Å². The number of nitrogens with zero attached hydrogens (tertiary/aromatic N) is 1. The van der Waals surface area contributed by atoms with E-state index >= 15 is 0 Å². The van der Waals surface area contributed by atoms with E-state index in [9.17, 15) is 19.0 Å². The van der Waals surface area contributed by atoms with Crippen LogP contribution in [0.3, 0.4) is 0 Å². The van der Waals surface area contributed by atoms with Gasteiger partial charge in [-0.1, -0.05) is 252 Å². The molecule has 0 rings (SSSR count). The van der Waals surface area contributed by atoms with Crippen LogP contribution in [0.4, 0.5) is 0 Å². The van der Waals surface area contributed by atoms with Gasteiger partial charge >= 0.3 is 11.9 Å². The first-order valence-electron chi connectivity index (χ1n) is 31.6. The number of likely N-dealkylation sites (N-methyl/N-ethyl adjacent to an activating group) is 1. The Morgan fingerprint density at radius 3 is 1.09 bits per heavy atom. The van der Waals surface area contributed by atoms with Gasteiger partial charge in [-0.2, -0.15) is 0 Å². The molecule has 0 fully saturated rings. The van der Waals surface area contributed by atoms with Crippen LogP contribution in [0.25, 0.3) is 0 Å². The van der Waals surface area contributed by atoms with Crippen LogP contribution in [0.2, 0.25) is 0 Å². The highest BCUT2D eigenvalue weighted by Crippen LogP contribution is 2.38. The average molecular weight is 1110 g/mol. The fourth-order valence-electron chi connectivity index (χ4n) is 8.43. The number of phosphoric ester groups is 1. The maximum atomic E-state index is 12.8. The van der Waals surface area contributed by atoms with E-state index in [-0.39, 0.29) is 32.0 Å². The van der Waals surface area contributed by atoms with Crippen LogP contribution in [0.15, 0.2) is 109 Å². The monoisotopic (exact) mass is 1110 g/mol. The van der Waals surface area contributed by atoms with Crippen LogP contribution in [-0.4, -0.2) is 70.0 Å². The lowest BCUT2D eigenvalue weighted by Crippen LogP contribution is -2.37. The maximum Gasteiger partial charge on any atom is 0.306 e. The second-order valence-corrected chi connectivity index (χ2v) is 23.4. The van der Waals surface area contributed by atoms with E-state index in [4.69, 9.17) is 18.5 Å². The lowest BCUT2D eigenvalue weighted by molar-refractivity contribution is -0.870. The Bertz CT molecular complexity index is 1680. The minimum atomic E-state index is -4.65. The Morgan fingerprint density at radius 2 is 0.731 bits per heavy atom. The van der Waals surface area contributed by atoms with Gasteiger partial charge in [0.2, 0.25) is 0 Å². The molecular weight excluding hydrogens is 990 g/mol. The molecule has 448 valence electrons. The summed E-state index contributed by atoms with van der Waals surface area (Å²) < 4.78 is 34.2. The molecule has 0 aromatic heterocycles. The summed E-state index contributed by atoms with van der Waals surface area (Å²) in [5, 5.41) is 0. The third-order valence-electron chi connectivity index (χ3n) is 13.3. The summed E-state index contributed by atoms with van der Waals surface area (Å²) >= 11 is 0. The fourth-order valence-corrected chi connectivity index (χ4v) is 9.16. The van der Waals surface area contributed by atoms with E-state index in [1.54, 1.807) is 0 Å². The molecule has 2 unspecified atom stereocenters. The SMILES string of the molecule is CC/C=C\C/C=C\C/C=C\C/C=C\C/C=C\C/C=C\C/C=C\CCCCCCCCCC(=O)OC(COC(=O)CCCCCCCCCCCCCCC/C=C\C/C=C\CCCCCCC)COP(=O)([O-])OCC[N+](C)(C)C. The van der Waals surface area contributed by atoms with Crippen LogP contribution >= 0.6 is 7.82 Å². The first kappa shape index (κ1) is 74.7. The van der Waals surface area contributed by atoms with E-state index in [1.165, 1.54) is 128 Å². The molecule has 2 atom stereocenters. The molecule has 0 aromatic carbocycles. The number of carbonyl (C=O) groups is 2. The molecule has 0 N–H and O–H groups in total. The number of quaternary nitrogens is 1. The highest BCUT2D eigenvalue weighted by molar-refractivity contribution is 7.45. The molecule has 0 saturated carbocycles. The first-order chi connectivity index (χ1) is 38.0. The summed E-state index contributed by atoms with van der Waals surface area (Å²) in [5.41, 5.74) is 0. The standard InChI is InChI=1S/C68H118NO8P/c1-6-8-10-12-14-16-18-20-22-24-26-28-30-32-33-34-35-37-39-41-43-45-47-49-51-53-55-57-59-61-68(71)77-66(65-76-78(72,73)75-63-62-69(3,4)5)64-74-67(70)60-58-56-54-52-50-48-46-44-42-40-38-36-31-29-27-25-23-21-19-17-15-13-11-9-7-2/h8,10,14,16,19-22,25-28,32-33,35,37,41,43,66H,6-7,9,11-13,15,17-18,23-24,29-31,34,36,38-40,42,44-65H2,1-5H3/b10-8-,16-14-,21-19-,22-20-,27-25-,28-26-,33-32-,37-35-,43-41-. The number of rotatable bonds is 57. The van der Waals surface area contributed by atoms with Crippen LogP contribution < -0.4 is 4.89 Å². The molecule has 9 nitrogen and oxygen atoms in total. The minimum absolute atomic E-state index is 0.0384. The fraction of sp³-hybridized carbons (Fsp3) is 0.706. The Hall–Kier alpha value is -3.33. The number of allylic oxidation sites excluding steroid dienone is 18. The molecule has 0 amide bonds. The summed E-state index contributed by atoms with van der Waals surface area (Å²) in [7, 11) is 1.15. The van der Waals surface area contributed by atoms with Crippen molar-refractivity contribution >= 4 is 19.8 Å². The first-order valence-corrected chi connectivity index (χ1v) is 33.1. The van der Waals surface area contributed by atoms with E-state index in [0.29, 0.717) is 17.4 Å². The molecule has 0 heterocycles. The molecule has 0 radical (unpaired) electrons. The van der Waals surface area contributed by atoms with Crippen LogP contribution in [-0.2, 0) is 32.7 Å². The van der Waals surface area contributed by atoms with E-state index in [1.807, 2.05) is 21.1 Å². The van der Waals surface area contributed by atoms with Gasteiger partial charge in [0.05, 0.1) is 27.7 Å². The van der Waals surface area contributed by atoms with Crippen molar-refractivity contribution in [3.05, 3.63) is 109 Å². The average Bonchev–Trinajstić information content (AvgIpc) is 3.41. The molecule has 0 spiro atoms. The van der Waals surface area contributed by atoms with Gasteiger partial charge in [0, 0.05) is 12.8 Å². The number of ether oxygens (including phenoxy) is 2. The predicted molar refractivity (Wildman–Crippen MR) is 332 cm³/mol. The second kappa shape index (κ2) is 58.3. The van der Waals surface area contributed by atoms with Crippen molar-refractivity contribution in [2.24, 2.45) is 0 Å². The Balaban J connectivity index is 4.18. The van der Waals surface area contributed by atoms with E-state index in [2.05, 4.69) is 123 Å². The molecule has 0 aromatic rings. The van der Waals surface area contributed by atoms with Crippen molar-refractivity contribution in [1.82, 2.24) is 0 Å². The summed E-state index contributed by atoms with van der Waals surface area (Å²) in [6.45, 7) is 4.11. The summed E-state index contributed by atoms with van der Waals surface area (Å²) in [6.07, 6.45) is 81.4. The molecule has 0 bridgehead atoms. The number of hydrogen-bond acceptors (Lipinski definition) is 8. The topological polar surface area (TPSA) is 111 Å². The third kappa shape index (κ3) is 61.9. The van der Waals surface area contributed by atoms with Crippen LogP contribution in [0.5, 0.6) is 0 Å². The molecule has 78 heavy (non-hydrogen) atoms. The van der Waals surface area contributed by atoms with Crippen molar-refractivity contribution in [1.29, 1.82) is 0 Å². The van der Waals surface area contributed by atoms with Crippen molar-refractivity contribution in [3.63, 3.8) is 0 Å². The highest BCUT2D eigenvalue weighted by Gasteiger charge is 2.22. The number of carbonyl (C=O) groups excluding carboxylic acids is 2. The van der Waals surface area contributed by atoms with Gasteiger partial charge in [0.1, 0.15) is 19.8 Å². The quantitative estimate of drug-likeness (QED) is 0.0195. The molecule has 0 aliphatic carbocycles. The molecule has 0 saturated heterocycles. The van der Waals surface area contributed by atoms with Gasteiger partial charge in [0.15, 0.2) is 6.10 Å². The lowest BCUT2D eigenvalue weighted by atomic mass is 10.0. The number of hydrogen-bond donors (Lipinski definition) is 0.